The molecule has 120 valence electrons. The van der Waals surface area contributed by atoms with E-state index in [0.717, 1.165) is 5.17 Å². The summed E-state index contributed by atoms with van der Waals surface area (Å²) in [6.07, 6.45) is 12.7. The Morgan fingerprint density at radius 1 is 0.952 bits per heavy atom. The van der Waals surface area contributed by atoms with Crippen molar-refractivity contribution in [2.45, 2.75) is 89.3 Å². The average Bonchev–Trinajstić information content (AvgIpc) is 2.92. The maximum atomic E-state index is 12.1. The van der Waals surface area contributed by atoms with Crippen LogP contribution in [-0.4, -0.2) is 22.4 Å². The van der Waals surface area contributed by atoms with Crippen LogP contribution in [0.15, 0.2) is 4.99 Å². The normalized spacial score (nSPS) is 29.9. The van der Waals surface area contributed by atoms with Crippen molar-refractivity contribution in [3.8, 4) is 0 Å². The molecule has 0 spiro atoms. The molecule has 21 heavy (non-hydrogen) atoms. The van der Waals surface area contributed by atoms with Crippen LogP contribution in [0, 0.1) is 5.92 Å². The zero-order chi connectivity index (χ0) is 15.1. The van der Waals surface area contributed by atoms with Gasteiger partial charge in [-0.05, 0) is 31.6 Å². The zero-order valence-electron chi connectivity index (χ0n) is 13.6. The van der Waals surface area contributed by atoms with E-state index in [1.807, 2.05) is 13.8 Å². The lowest BCUT2D eigenvalue weighted by Gasteiger charge is -2.24. The van der Waals surface area contributed by atoms with Crippen molar-refractivity contribution in [1.29, 1.82) is 0 Å². The summed E-state index contributed by atoms with van der Waals surface area (Å²) < 4.78 is 0. The molecule has 0 aromatic carbocycles. The number of nitrogens with zero attached hydrogens (tertiary/aromatic N) is 1. The van der Waals surface area contributed by atoms with Gasteiger partial charge in [-0.25, -0.2) is 0 Å². The Morgan fingerprint density at radius 2 is 1.52 bits per heavy atom. The number of aliphatic imine (C=N–C) groups is 1. The van der Waals surface area contributed by atoms with Crippen LogP contribution in [0.2, 0.25) is 0 Å². The molecule has 0 bridgehead atoms. The van der Waals surface area contributed by atoms with E-state index in [2.05, 4.69) is 5.32 Å². The third-order valence-electron chi connectivity index (χ3n) is 4.68. The van der Waals surface area contributed by atoms with Gasteiger partial charge >= 0.3 is 0 Å². The third-order valence-corrected chi connectivity index (χ3v) is 5.96. The summed E-state index contributed by atoms with van der Waals surface area (Å²) in [6.45, 7) is 4.00. The third kappa shape index (κ3) is 4.73. The molecule has 1 atom stereocenters. The minimum atomic E-state index is 0.141. The molecule has 0 radical (unpaired) electrons. The minimum Gasteiger partial charge on any atom is -0.304 e. The van der Waals surface area contributed by atoms with Crippen molar-refractivity contribution in [2.75, 3.05) is 0 Å². The van der Waals surface area contributed by atoms with Crippen molar-refractivity contribution < 1.29 is 4.79 Å². The number of rotatable bonds is 2. The lowest BCUT2D eigenvalue weighted by molar-refractivity contribution is -0.119. The van der Waals surface area contributed by atoms with Crippen LogP contribution < -0.4 is 5.32 Å². The summed E-state index contributed by atoms with van der Waals surface area (Å²) in [5, 5.41) is 4.07. The van der Waals surface area contributed by atoms with Crippen molar-refractivity contribution in [1.82, 2.24) is 5.32 Å². The fraction of sp³-hybridized carbons (Fsp3) is 0.882. The monoisotopic (exact) mass is 310 g/mol. The number of amidine groups is 1. The Labute approximate surface area is 133 Å². The highest BCUT2D eigenvalue weighted by atomic mass is 32.2. The summed E-state index contributed by atoms with van der Waals surface area (Å²) in [5.74, 6) is 0.796. The molecule has 1 heterocycles. The maximum absolute atomic E-state index is 12.1. The second kappa shape index (κ2) is 8.82. The van der Waals surface area contributed by atoms with E-state index in [1.54, 1.807) is 11.8 Å². The van der Waals surface area contributed by atoms with E-state index in [-0.39, 0.29) is 11.2 Å². The molecule has 3 nitrogen and oxygen atoms in total. The first-order valence-corrected chi connectivity index (χ1v) is 9.76. The average molecular weight is 311 g/mol. The van der Waals surface area contributed by atoms with Gasteiger partial charge in [-0.1, -0.05) is 64.1 Å². The van der Waals surface area contributed by atoms with Gasteiger partial charge in [0, 0.05) is 0 Å². The predicted molar refractivity (Wildman–Crippen MR) is 91.8 cm³/mol. The van der Waals surface area contributed by atoms with Crippen molar-refractivity contribution in [2.24, 2.45) is 10.9 Å². The summed E-state index contributed by atoms with van der Waals surface area (Å²) >= 11 is 1.71. The van der Waals surface area contributed by atoms with Gasteiger partial charge in [-0.2, -0.15) is 0 Å². The lowest BCUT2D eigenvalue weighted by Crippen LogP contribution is -2.31. The number of thioether (sulfide) groups is 1. The molecule has 1 saturated heterocycles. The predicted octanol–water partition coefficient (Wildman–Crippen LogP) is 4.51. The molecule has 1 unspecified atom stereocenters. The Hall–Kier alpha value is -0.510. The molecular formula is C17H30N2OS. The molecular weight excluding hydrogens is 280 g/mol. The Kier molecular flexibility index (Phi) is 7.08. The zero-order valence-corrected chi connectivity index (χ0v) is 14.4. The van der Waals surface area contributed by atoms with Crippen LogP contribution >= 0.6 is 11.8 Å². The van der Waals surface area contributed by atoms with Crippen molar-refractivity contribution in [3.63, 3.8) is 0 Å². The fourth-order valence-corrected chi connectivity index (χ4v) is 4.81. The number of hydrogen-bond donors (Lipinski definition) is 1. The topological polar surface area (TPSA) is 41.5 Å². The number of hydrogen-bond acceptors (Lipinski definition) is 3. The van der Waals surface area contributed by atoms with Crippen LogP contribution in [0.1, 0.15) is 78.1 Å². The van der Waals surface area contributed by atoms with Gasteiger partial charge in [0.05, 0.1) is 11.3 Å². The first-order chi connectivity index (χ1) is 10.3. The van der Waals surface area contributed by atoms with Gasteiger partial charge in [0.1, 0.15) is 0 Å². The molecule has 3 rings (SSSR count). The van der Waals surface area contributed by atoms with Gasteiger partial charge in [0.15, 0.2) is 5.17 Å². The highest BCUT2D eigenvalue weighted by Gasteiger charge is 2.37. The molecule has 0 aromatic rings. The van der Waals surface area contributed by atoms with Gasteiger partial charge in [0.25, 0.3) is 0 Å². The van der Waals surface area contributed by atoms with Crippen molar-refractivity contribution >= 4 is 22.8 Å². The van der Waals surface area contributed by atoms with E-state index in [4.69, 9.17) is 4.99 Å². The molecule has 2 aliphatic carbocycles. The van der Waals surface area contributed by atoms with E-state index in [0.29, 0.717) is 12.0 Å². The quantitative estimate of drug-likeness (QED) is 0.815. The second-order valence-corrected chi connectivity index (χ2v) is 7.28. The van der Waals surface area contributed by atoms with Gasteiger partial charge < -0.3 is 5.32 Å². The molecule has 1 amide bonds. The van der Waals surface area contributed by atoms with Crippen LogP contribution in [0.4, 0.5) is 0 Å². The smallest absolute Gasteiger partial charge is 0.239 e. The lowest BCUT2D eigenvalue weighted by atomic mass is 9.86. The molecule has 3 aliphatic rings. The maximum Gasteiger partial charge on any atom is 0.239 e. The molecule has 3 fully saturated rings. The van der Waals surface area contributed by atoms with Crippen LogP contribution in [0.5, 0.6) is 0 Å². The van der Waals surface area contributed by atoms with E-state index in [9.17, 15) is 4.79 Å². The Bertz CT molecular complexity index is 358. The fourth-order valence-electron chi connectivity index (χ4n) is 3.57. The molecule has 2 saturated carbocycles. The minimum absolute atomic E-state index is 0.141. The number of amides is 1. The first-order valence-electron chi connectivity index (χ1n) is 8.88. The van der Waals surface area contributed by atoms with Crippen molar-refractivity contribution in [3.05, 3.63) is 0 Å². The van der Waals surface area contributed by atoms with Gasteiger partial charge in [0.2, 0.25) is 5.91 Å². The number of carbonyl (C=O) groups excluding carboxylic acids is 1. The van der Waals surface area contributed by atoms with E-state index >= 15 is 0 Å². The van der Waals surface area contributed by atoms with E-state index in [1.165, 1.54) is 64.2 Å². The Morgan fingerprint density at radius 3 is 2.14 bits per heavy atom. The second-order valence-electron chi connectivity index (χ2n) is 6.15. The summed E-state index contributed by atoms with van der Waals surface area (Å²) in [6, 6.07) is 0.460. The van der Waals surface area contributed by atoms with E-state index < -0.39 is 0 Å². The largest absolute Gasteiger partial charge is 0.304 e. The van der Waals surface area contributed by atoms with Gasteiger partial charge in [-0.15, -0.1) is 0 Å². The number of carbonyl (C=O) groups is 1. The molecule has 0 aromatic heterocycles. The first kappa shape index (κ1) is 16.9. The summed E-state index contributed by atoms with van der Waals surface area (Å²) in [5.41, 5.74) is 0. The summed E-state index contributed by atoms with van der Waals surface area (Å²) in [7, 11) is 0. The van der Waals surface area contributed by atoms with Crippen LogP contribution in [-0.2, 0) is 4.79 Å². The van der Waals surface area contributed by atoms with Gasteiger partial charge in [-0.3, -0.25) is 9.79 Å². The Balaban J connectivity index is 0.000000774. The van der Waals surface area contributed by atoms with Crippen LogP contribution in [0.25, 0.3) is 0 Å². The molecule has 1 aliphatic heterocycles. The molecule has 4 heteroatoms. The SMILES string of the molecule is CC.O=C1NC(=NC2CCCCC2)SC1C1CCCCC1. The number of nitrogens with one attached hydrogen (secondary N) is 1. The standard InChI is InChI=1S/C15H24N2OS.C2H6/c18-14-13(11-7-3-1-4-8-11)19-15(17-14)16-12-9-5-2-6-10-12;1-2/h11-13H,1-10H2,(H,16,17,18);1-2H3. The highest BCUT2D eigenvalue weighted by Crippen LogP contribution is 2.36. The summed E-state index contributed by atoms with van der Waals surface area (Å²) in [4.78, 5) is 16.9. The molecule has 1 N–H and O–H groups in total. The highest BCUT2D eigenvalue weighted by molar-refractivity contribution is 8.15. The van der Waals surface area contributed by atoms with Crippen LogP contribution in [0.3, 0.4) is 0 Å².